The lowest BCUT2D eigenvalue weighted by molar-refractivity contribution is -0.103. The van der Waals surface area contributed by atoms with Crippen LogP contribution < -0.4 is 0 Å². The van der Waals surface area contributed by atoms with E-state index < -0.39 is 0 Å². The largest absolute Gasteiger partial charge is 0.314 e. The van der Waals surface area contributed by atoms with Gasteiger partial charge in [0.2, 0.25) is 0 Å². The molecule has 3 rings (SSSR count). The van der Waals surface area contributed by atoms with E-state index in [2.05, 4.69) is 17.1 Å². The molecule has 17 heavy (non-hydrogen) atoms. The molecule has 1 aromatic heterocycles. The Morgan fingerprint density at radius 1 is 0.941 bits per heavy atom. The number of nitrogens with zero attached hydrogens (tertiary/aromatic N) is 2. The number of para-hydroxylation sites is 1. The molecule has 0 unspecified atom stereocenters. The first-order chi connectivity index (χ1) is 8.36. The van der Waals surface area contributed by atoms with Crippen molar-refractivity contribution in [3.05, 3.63) is 42.6 Å². The fraction of sp³-hybridized carbons (Fsp3) is 0.357. The minimum absolute atomic E-state index is 0.875. The maximum Gasteiger partial charge on any atom is 0.0701 e. The van der Waals surface area contributed by atoms with Crippen LogP contribution in [-0.4, -0.2) is 28.3 Å². The Bertz CT molecular complexity index is 387. The normalized spacial score (nSPS) is 16.3. The second kappa shape index (κ2) is 6.33. The molecule has 0 amide bonds. The maximum absolute atomic E-state index is 8.74. The van der Waals surface area contributed by atoms with Crippen molar-refractivity contribution in [2.24, 2.45) is 0 Å². The lowest BCUT2D eigenvalue weighted by Gasteiger charge is -2.18. The number of fused-ring (bicyclic) bond motifs is 1. The number of benzene rings is 1. The van der Waals surface area contributed by atoms with Gasteiger partial charge in [0, 0.05) is 24.7 Å². The van der Waals surface area contributed by atoms with E-state index in [0.29, 0.717) is 0 Å². The van der Waals surface area contributed by atoms with Crippen molar-refractivity contribution in [1.82, 2.24) is 10.0 Å². The first kappa shape index (κ1) is 12.0. The van der Waals surface area contributed by atoms with Crippen LogP contribution in [0.5, 0.6) is 0 Å². The zero-order chi connectivity index (χ0) is 11.9. The molecule has 1 aliphatic heterocycles. The zero-order valence-corrected chi connectivity index (χ0v) is 9.92. The van der Waals surface area contributed by atoms with E-state index in [0.717, 1.165) is 31.4 Å². The van der Waals surface area contributed by atoms with Gasteiger partial charge in [-0.05, 0) is 25.0 Å². The van der Waals surface area contributed by atoms with Gasteiger partial charge in [0.05, 0.1) is 5.52 Å². The standard InChI is InChI=1S/C9H7N.C5H11NO/c1-2-6-9-8(4-1)5-3-7-10-9;7-6-4-2-1-3-5-6/h1-7H;7H,1-5H2. The molecule has 1 aliphatic rings. The van der Waals surface area contributed by atoms with E-state index in [1.165, 1.54) is 16.9 Å². The number of hydrogen-bond donors (Lipinski definition) is 1. The summed E-state index contributed by atoms with van der Waals surface area (Å²) in [6.07, 6.45) is 5.42. The summed E-state index contributed by atoms with van der Waals surface area (Å²) >= 11 is 0. The van der Waals surface area contributed by atoms with Crippen molar-refractivity contribution in [2.45, 2.75) is 19.3 Å². The van der Waals surface area contributed by atoms with Crippen LogP contribution in [0.1, 0.15) is 19.3 Å². The van der Waals surface area contributed by atoms with Gasteiger partial charge in [0.15, 0.2) is 0 Å². The highest BCUT2D eigenvalue weighted by molar-refractivity contribution is 5.77. The van der Waals surface area contributed by atoms with Crippen LogP contribution >= 0.6 is 0 Å². The number of pyridine rings is 1. The number of hydrogen-bond acceptors (Lipinski definition) is 3. The molecule has 1 saturated heterocycles. The highest BCUT2D eigenvalue weighted by Crippen LogP contribution is 2.08. The van der Waals surface area contributed by atoms with Gasteiger partial charge in [-0.2, -0.15) is 5.06 Å². The van der Waals surface area contributed by atoms with Crippen molar-refractivity contribution < 1.29 is 5.21 Å². The van der Waals surface area contributed by atoms with E-state index in [9.17, 15) is 0 Å². The second-order valence-electron chi connectivity index (χ2n) is 4.21. The molecule has 3 nitrogen and oxygen atoms in total. The minimum Gasteiger partial charge on any atom is -0.314 e. The number of hydroxylamine groups is 2. The maximum atomic E-state index is 8.74. The Kier molecular flexibility index (Phi) is 4.47. The fourth-order valence-electron chi connectivity index (χ4n) is 1.89. The predicted molar refractivity (Wildman–Crippen MR) is 69.0 cm³/mol. The summed E-state index contributed by atoms with van der Waals surface area (Å²) in [4.78, 5) is 4.18. The number of rotatable bonds is 0. The summed E-state index contributed by atoms with van der Waals surface area (Å²) in [6, 6.07) is 12.1. The van der Waals surface area contributed by atoms with E-state index in [-0.39, 0.29) is 0 Å². The minimum atomic E-state index is 0.875. The van der Waals surface area contributed by atoms with Gasteiger partial charge in [-0.1, -0.05) is 30.7 Å². The lowest BCUT2D eigenvalue weighted by atomic mass is 10.2. The first-order valence-corrected chi connectivity index (χ1v) is 6.10. The van der Waals surface area contributed by atoms with E-state index in [4.69, 9.17) is 5.21 Å². The number of aromatic nitrogens is 1. The summed E-state index contributed by atoms with van der Waals surface area (Å²) in [7, 11) is 0. The fourth-order valence-corrected chi connectivity index (χ4v) is 1.89. The van der Waals surface area contributed by atoms with Gasteiger partial charge in [-0.3, -0.25) is 4.98 Å². The van der Waals surface area contributed by atoms with Gasteiger partial charge in [0.25, 0.3) is 0 Å². The monoisotopic (exact) mass is 230 g/mol. The molecule has 90 valence electrons. The topological polar surface area (TPSA) is 36.4 Å². The van der Waals surface area contributed by atoms with Gasteiger partial charge in [-0.25, -0.2) is 0 Å². The van der Waals surface area contributed by atoms with Crippen LogP contribution in [0.15, 0.2) is 42.6 Å². The predicted octanol–water partition coefficient (Wildman–Crippen LogP) is 3.10. The average Bonchev–Trinajstić information content (AvgIpc) is 2.41. The molecule has 0 bridgehead atoms. The van der Waals surface area contributed by atoms with Gasteiger partial charge < -0.3 is 5.21 Å². The lowest BCUT2D eigenvalue weighted by Crippen LogP contribution is -2.25. The third kappa shape index (κ3) is 3.80. The summed E-state index contributed by atoms with van der Waals surface area (Å²) in [5.41, 5.74) is 1.06. The van der Waals surface area contributed by atoms with Crippen molar-refractivity contribution in [1.29, 1.82) is 0 Å². The molecule has 0 atom stereocenters. The van der Waals surface area contributed by atoms with Crippen LogP contribution in [-0.2, 0) is 0 Å². The van der Waals surface area contributed by atoms with Crippen LogP contribution in [0.3, 0.4) is 0 Å². The molecule has 0 spiro atoms. The van der Waals surface area contributed by atoms with Crippen LogP contribution in [0.4, 0.5) is 0 Å². The molecule has 1 aromatic carbocycles. The molecule has 0 aliphatic carbocycles. The Labute approximate surface area is 102 Å². The van der Waals surface area contributed by atoms with E-state index >= 15 is 0 Å². The molecule has 1 N–H and O–H groups in total. The third-order valence-corrected chi connectivity index (χ3v) is 2.84. The van der Waals surface area contributed by atoms with Gasteiger partial charge in [0.1, 0.15) is 0 Å². The third-order valence-electron chi connectivity index (χ3n) is 2.84. The summed E-state index contributed by atoms with van der Waals surface area (Å²) < 4.78 is 0. The highest BCUT2D eigenvalue weighted by atomic mass is 16.5. The molecular formula is C14H18N2O. The number of piperidine rings is 1. The second-order valence-corrected chi connectivity index (χ2v) is 4.21. The highest BCUT2D eigenvalue weighted by Gasteiger charge is 2.04. The summed E-state index contributed by atoms with van der Waals surface area (Å²) in [6.45, 7) is 1.75. The zero-order valence-electron chi connectivity index (χ0n) is 9.92. The van der Waals surface area contributed by atoms with Crippen molar-refractivity contribution in [2.75, 3.05) is 13.1 Å². The SMILES string of the molecule is ON1CCCCC1.c1ccc2ncccc2c1. The molecule has 0 radical (unpaired) electrons. The summed E-state index contributed by atoms with van der Waals surface area (Å²) in [5.74, 6) is 0. The van der Waals surface area contributed by atoms with Crippen molar-refractivity contribution in [3.8, 4) is 0 Å². The Balaban J connectivity index is 0.000000136. The molecule has 2 aromatic rings. The van der Waals surface area contributed by atoms with Crippen molar-refractivity contribution in [3.63, 3.8) is 0 Å². The molecule has 1 fully saturated rings. The summed E-state index contributed by atoms with van der Waals surface area (Å²) in [5, 5.41) is 11.3. The average molecular weight is 230 g/mol. The molecule has 0 saturated carbocycles. The van der Waals surface area contributed by atoms with E-state index in [1.54, 1.807) is 0 Å². The Hall–Kier alpha value is -1.45. The molecular weight excluding hydrogens is 212 g/mol. The van der Waals surface area contributed by atoms with Gasteiger partial charge in [-0.15, -0.1) is 0 Å². The molecule has 2 heterocycles. The van der Waals surface area contributed by atoms with Crippen LogP contribution in [0.2, 0.25) is 0 Å². The first-order valence-electron chi connectivity index (χ1n) is 6.10. The van der Waals surface area contributed by atoms with Gasteiger partial charge >= 0.3 is 0 Å². The molecule has 3 heteroatoms. The van der Waals surface area contributed by atoms with E-state index in [1.807, 2.05) is 30.5 Å². The van der Waals surface area contributed by atoms with Crippen LogP contribution in [0, 0.1) is 0 Å². The Morgan fingerprint density at radius 3 is 2.29 bits per heavy atom. The van der Waals surface area contributed by atoms with Crippen LogP contribution in [0.25, 0.3) is 10.9 Å². The Morgan fingerprint density at radius 2 is 1.65 bits per heavy atom. The smallest absolute Gasteiger partial charge is 0.0701 e. The quantitative estimate of drug-likeness (QED) is 0.755. The van der Waals surface area contributed by atoms with Crippen molar-refractivity contribution >= 4 is 10.9 Å².